The predicted molar refractivity (Wildman–Crippen MR) is 180 cm³/mol. The van der Waals surface area contributed by atoms with E-state index in [9.17, 15) is 44.3 Å². The van der Waals surface area contributed by atoms with E-state index < -0.39 is 58.8 Å². The van der Waals surface area contributed by atoms with Gasteiger partial charge in [0.2, 0.25) is 0 Å². The molecule has 1 saturated heterocycles. The lowest BCUT2D eigenvalue weighted by Crippen LogP contribution is -2.37. The summed E-state index contributed by atoms with van der Waals surface area (Å²) in [5, 5.41) is 0. The fourth-order valence-corrected chi connectivity index (χ4v) is 5.74. The lowest BCUT2D eigenvalue weighted by Gasteiger charge is -2.28. The third-order valence-electron chi connectivity index (χ3n) is 8.14. The highest BCUT2D eigenvalue weighted by Crippen LogP contribution is 2.45. The van der Waals surface area contributed by atoms with Crippen LogP contribution in [0.4, 0.5) is 39.5 Å². The van der Waals surface area contributed by atoms with Crippen molar-refractivity contribution in [2.75, 3.05) is 12.1 Å². The number of aryl methyl sites for hydroxylation is 1. The first kappa shape index (κ1) is 42.5. The van der Waals surface area contributed by atoms with Gasteiger partial charge in [-0.2, -0.15) is 39.5 Å². The second kappa shape index (κ2) is 17.3. The average molecular weight is 808 g/mol. The largest absolute Gasteiger partial charge is 0.457 e. The number of cyclic esters (lactones) is 1. The van der Waals surface area contributed by atoms with Crippen molar-refractivity contribution < 1.29 is 58.5 Å². The topological polar surface area (TPSA) is 44.8 Å². The third kappa shape index (κ3) is 10.8. The molecule has 1 fully saturated rings. The monoisotopic (exact) mass is 806 g/mol. The number of ether oxygens (including phenoxy) is 3. The maximum atomic E-state index is 13.3. The number of hydrogen-bond acceptors (Lipinski definition) is 4. The molecule has 1 aliphatic rings. The third-order valence-corrected chi connectivity index (χ3v) is 8.46. The first-order valence-electron chi connectivity index (χ1n) is 15.4. The van der Waals surface area contributed by atoms with Gasteiger partial charge in [-0.15, -0.1) is 0 Å². The number of halogens is 10. The summed E-state index contributed by atoms with van der Waals surface area (Å²) in [6.07, 6.45) is -15.8. The molecule has 0 radical (unpaired) electrons. The van der Waals surface area contributed by atoms with Crippen LogP contribution in [0.3, 0.4) is 0 Å². The molecule has 3 atom stereocenters. The molecule has 0 N–H and O–H groups in total. The predicted octanol–water partition coefficient (Wildman–Crippen LogP) is 11.9. The number of carbonyl (C=O) groups is 1. The highest BCUT2D eigenvalue weighted by atomic mass is 79.9. The summed E-state index contributed by atoms with van der Waals surface area (Å²) in [5.74, 6) is -0.574. The van der Waals surface area contributed by atoms with E-state index in [0.717, 1.165) is 17.7 Å². The molecule has 4 aromatic rings. The first-order chi connectivity index (χ1) is 23.8. The van der Waals surface area contributed by atoms with Gasteiger partial charge in [0, 0.05) is 6.42 Å². The Bertz CT molecular complexity index is 1730. The maximum Gasteiger partial charge on any atom is 0.416 e. The van der Waals surface area contributed by atoms with Gasteiger partial charge < -0.3 is 14.2 Å². The number of hydrogen-bond donors (Lipinski definition) is 0. The van der Waals surface area contributed by atoms with Crippen molar-refractivity contribution in [2.24, 2.45) is 0 Å². The standard InChI is InChI=1S/C27H22F6O3.C10H10BrF3O.CH4/c1-17(19-12-21(26(28,29)30)14-22(13-19)27(31,32)33)35-16-25(20-10-6-3-7-11-20)15-23(36-24(25)34)18-8-4-2-5-9-18;1-7-2-8(5-15-6-11)4-9(3-7)10(12,13)14;/h2-14,17,23H,15-16H2,1H3;2-4H,5-6H2,1H3;1H4/t17-,23+,25+;;/m1../s1. The van der Waals surface area contributed by atoms with Crippen molar-refractivity contribution >= 4 is 21.9 Å². The number of benzene rings is 4. The van der Waals surface area contributed by atoms with Crippen molar-refractivity contribution in [3.63, 3.8) is 0 Å². The zero-order valence-electron chi connectivity index (χ0n) is 27.1. The van der Waals surface area contributed by atoms with Crippen LogP contribution >= 0.6 is 15.9 Å². The van der Waals surface area contributed by atoms with Crippen LogP contribution in [0.1, 0.15) is 77.5 Å². The molecule has 0 amide bonds. The average Bonchev–Trinajstić information content (AvgIpc) is 3.42. The molecule has 282 valence electrons. The fourth-order valence-electron chi connectivity index (χ4n) is 5.57. The van der Waals surface area contributed by atoms with Crippen LogP contribution < -0.4 is 0 Å². The summed E-state index contributed by atoms with van der Waals surface area (Å²) >= 11 is 3.04. The smallest absolute Gasteiger partial charge is 0.416 e. The molecule has 0 saturated carbocycles. The SMILES string of the molecule is C.C[C@@H](OC[C@]1(c2ccccc2)C[C@@H](c2ccccc2)OC1=O)c1cc(C(F)(F)F)cc(C(F)(F)F)c1.Cc1cc(COCBr)cc(C(F)(F)F)c1. The van der Waals surface area contributed by atoms with Gasteiger partial charge in [0.05, 0.1) is 36.0 Å². The van der Waals surface area contributed by atoms with E-state index in [1.54, 1.807) is 55.5 Å². The van der Waals surface area contributed by atoms with Gasteiger partial charge in [0.1, 0.15) is 17.0 Å². The molecule has 1 aliphatic heterocycles. The fraction of sp³-hybridized carbons (Fsp3) is 0.342. The number of rotatable bonds is 9. The van der Waals surface area contributed by atoms with Gasteiger partial charge in [-0.05, 0) is 66.4 Å². The molecule has 4 nitrogen and oxygen atoms in total. The van der Waals surface area contributed by atoms with Crippen LogP contribution in [-0.2, 0) is 49.6 Å². The minimum atomic E-state index is -4.97. The molecule has 14 heteroatoms. The van der Waals surface area contributed by atoms with E-state index in [2.05, 4.69) is 15.9 Å². The molecule has 0 bridgehead atoms. The van der Waals surface area contributed by atoms with E-state index in [-0.39, 0.29) is 38.7 Å². The number of alkyl halides is 10. The van der Waals surface area contributed by atoms with Gasteiger partial charge >= 0.3 is 24.5 Å². The van der Waals surface area contributed by atoms with Crippen molar-refractivity contribution in [3.05, 3.63) is 142 Å². The minimum absolute atomic E-state index is 0. The summed E-state index contributed by atoms with van der Waals surface area (Å²) in [6.45, 7) is 2.87. The molecule has 0 aliphatic carbocycles. The molecule has 0 unspecified atom stereocenters. The van der Waals surface area contributed by atoms with Crippen molar-refractivity contribution in [2.45, 2.75) is 70.5 Å². The van der Waals surface area contributed by atoms with E-state index in [0.29, 0.717) is 34.3 Å². The summed E-state index contributed by atoms with van der Waals surface area (Å²) < 4.78 is 134. The van der Waals surface area contributed by atoms with E-state index in [1.165, 1.54) is 6.92 Å². The van der Waals surface area contributed by atoms with E-state index >= 15 is 0 Å². The van der Waals surface area contributed by atoms with Gasteiger partial charge in [0.25, 0.3) is 0 Å². The highest BCUT2D eigenvalue weighted by Gasteiger charge is 2.51. The Balaban J connectivity index is 0.000000384. The maximum absolute atomic E-state index is 13.3. The Morgan fingerprint density at radius 1 is 0.788 bits per heavy atom. The quantitative estimate of drug-likeness (QED) is 0.0960. The van der Waals surface area contributed by atoms with Crippen molar-refractivity contribution in [3.8, 4) is 0 Å². The Kier molecular flexibility index (Phi) is 14.1. The van der Waals surface area contributed by atoms with E-state index in [1.807, 2.05) is 18.2 Å². The van der Waals surface area contributed by atoms with Crippen LogP contribution in [0, 0.1) is 6.92 Å². The lowest BCUT2D eigenvalue weighted by molar-refractivity contribution is -0.148. The summed E-state index contributed by atoms with van der Waals surface area (Å²) in [7, 11) is 0. The van der Waals surface area contributed by atoms with Gasteiger partial charge in [0.15, 0.2) is 0 Å². The zero-order valence-corrected chi connectivity index (χ0v) is 28.7. The molecule has 0 spiro atoms. The minimum Gasteiger partial charge on any atom is -0.457 e. The molecular weight excluding hydrogens is 771 g/mol. The second-order valence-corrected chi connectivity index (χ2v) is 12.4. The van der Waals surface area contributed by atoms with Gasteiger partial charge in [-0.1, -0.05) is 95.7 Å². The Morgan fingerprint density at radius 2 is 1.31 bits per heavy atom. The van der Waals surface area contributed by atoms with Crippen LogP contribution in [0.15, 0.2) is 97.1 Å². The van der Waals surface area contributed by atoms with Gasteiger partial charge in [-0.25, -0.2) is 0 Å². The first-order valence-corrected chi connectivity index (χ1v) is 16.5. The van der Waals surface area contributed by atoms with Crippen LogP contribution in [0.2, 0.25) is 0 Å². The lowest BCUT2D eigenvalue weighted by atomic mass is 9.77. The Hall–Kier alpha value is -3.88. The highest BCUT2D eigenvalue weighted by molar-refractivity contribution is 9.09. The summed E-state index contributed by atoms with van der Waals surface area (Å²) in [4.78, 5) is 13.2. The number of carbonyl (C=O) groups excluding carboxylic acids is 1. The molecule has 52 heavy (non-hydrogen) atoms. The molecule has 1 heterocycles. The van der Waals surface area contributed by atoms with Crippen LogP contribution in [0.25, 0.3) is 0 Å². The van der Waals surface area contributed by atoms with Crippen LogP contribution in [-0.4, -0.2) is 18.1 Å². The molecule has 0 aromatic heterocycles. The zero-order chi connectivity index (χ0) is 37.6. The van der Waals surface area contributed by atoms with Gasteiger partial charge in [-0.3, -0.25) is 4.79 Å². The molecule has 5 rings (SSSR count). The summed E-state index contributed by atoms with van der Waals surface area (Å²) in [5.41, 5.74) is -2.30. The normalized spacial score (nSPS) is 18.2. The van der Waals surface area contributed by atoms with Crippen molar-refractivity contribution in [1.29, 1.82) is 0 Å². The van der Waals surface area contributed by atoms with Crippen molar-refractivity contribution in [1.82, 2.24) is 0 Å². The molecule has 4 aromatic carbocycles. The Morgan fingerprint density at radius 3 is 1.83 bits per heavy atom. The molecular formula is C38H36BrF9O4. The summed E-state index contributed by atoms with van der Waals surface area (Å²) in [6, 6.07) is 22.9. The van der Waals surface area contributed by atoms with Crippen LogP contribution in [0.5, 0.6) is 0 Å². The second-order valence-electron chi connectivity index (χ2n) is 11.9. The Labute approximate surface area is 304 Å². The van der Waals surface area contributed by atoms with E-state index in [4.69, 9.17) is 14.2 Å². The number of esters is 1.